The van der Waals surface area contributed by atoms with Gasteiger partial charge in [0.15, 0.2) is 0 Å². The summed E-state index contributed by atoms with van der Waals surface area (Å²) in [4.78, 5) is 15.3. The molecular formula is C24H22ClNO2. The van der Waals surface area contributed by atoms with Crippen molar-refractivity contribution in [1.82, 2.24) is 4.90 Å². The van der Waals surface area contributed by atoms with Crippen molar-refractivity contribution in [2.75, 3.05) is 13.2 Å². The molecule has 1 amide bonds. The fourth-order valence-electron chi connectivity index (χ4n) is 4.53. The maximum Gasteiger partial charge on any atom is 0.254 e. The first-order valence-corrected chi connectivity index (χ1v) is 10.2. The third-order valence-electron chi connectivity index (χ3n) is 6.00. The highest BCUT2D eigenvalue weighted by molar-refractivity contribution is 6.30. The fraction of sp³-hybridized carbons (Fsp3) is 0.292. The molecular weight excluding hydrogens is 370 g/mol. The number of carbonyl (C=O) groups is 1. The summed E-state index contributed by atoms with van der Waals surface area (Å²) in [5.41, 5.74) is 4.43. The number of benzene rings is 3. The molecule has 5 rings (SSSR count). The zero-order valence-corrected chi connectivity index (χ0v) is 16.4. The molecule has 1 saturated heterocycles. The highest BCUT2D eigenvalue weighted by Crippen LogP contribution is 2.36. The summed E-state index contributed by atoms with van der Waals surface area (Å²) in [6.07, 6.45) is 2.64. The van der Waals surface area contributed by atoms with Gasteiger partial charge in [-0.3, -0.25) is 4.79 Å². The smallest absolute Gasteiger partial charge is 0.254 e. The lowest BCUT2D eigenvalue weighted by Crippen LogP contribution is -2.39. The molecule has 0 N–H and O–H groups in total. The van der Waals surface area contributed by atoms with Gasteiger partial charge in [-0.05, 0) is 64.9 Å². The van der Waals surface area contributed by atoms with Gasteiger partial charge in [0.1, 0.15) is 0 Å². The average molecular weight is 392 g/mol. The SMILES string of the molecule is O=C1c2cc(Cc3ccc(Cl)cc3)c3ccccc3c2CN1C1CCOCC1. The molecule has 1 fully saturated rings. The Balaban J connectivity index is 1.56. The maximum atomic E-state index is 13.3. The van der Waals surface area contributed by atoms with Crippen molar-refractivity contribution in [3.63, 3.8) is 0 Å². The van der Waals surface area contributed by atoms with Crippen LogP contribution in [0.1, 0.15) is 39.9 Å². The minimum atomic E-state index is 0.171. The molecule has 142 valence electrons. The zero-order valence-electron chi connectivity index (χ0n) is 15.7. The maximum absolute atomic E-state index is 13.3. The number of amides is 1. The standard InChI is InChI=1S/C24H22ClNO2/c25-18-7-5-16(6-8-18)13-17-14-22-23(21-4-2-1-3-20(17)21)15-26(24(22)27)19-9-11-28-12-10-19/h1-8,14,19H,9-13,15H2. The zero-order chi connectivity index (χ0) is 19.1. The van der Waals surface area contributed by atoms with E-state index >= 15 is 0 Å². The predicted octanol–water partition coefficient (Wildman–Crippen LogP) is 5.22. The molecule has 0 saturated carbocycles. The fourth-order valence-corrected chi connectivity index (χ4v) is 4.65. The van der Waals surface area contributed by atoms with Crippen LogP contribution < -0.4 is 0 Å². The van der Waals surface area contributed by atoms with Crippen LogP contribution >= 0.6 is 11.6 Å². The van der Waals surface area contributed by atoms with Gasteiger partial charge >= 0.3 is 0 Å². The Kier molecular flexibility index (Phi) is 4.58. The molecule has 0 bridgehead atoms. The Morgan fingerprint density at radius 1 is 1.00 bits per heavy atom. The first-order chi connectivity index (χ1) is 13.7. The van der Waals surface area contributed by atoms with Gasteiger partial charge < -0.3 is 9.64 Å². The van der Waals surface area contributed by atoms with Crippen molar-refractivity contribution >= 4 is 28.3 Å². The molecule has 2 heterocycles. The summed E-state index contributed by atoms with van der Waals surface area (Å²) < 4.78 is 5.49. The Bertz CT molecular complexity index is 1040. The van der Waals surface area contributed by atoms with Crippen LogP contribution in [0.5, 0.6) is 0 Å². The van der Waals surface area contributed by atoms with Crippen molar-refractivity contribution in [2.45, 2.75) is 31.8 Å². The first kappa shape index (κ1) is 17.7. The van der Waals surface area contributed by atoms with Crippen LogP contribution in [0.4, 0.5) is 0 Å². The second-order valence-corrected chi connectivity index (χ2v) is 8.12. The minimum Gasteiger partial charge on any atom is -0.381 e. The third-order valence-corrected chi connectivity index (χ3v) is 6.25. The van der Waals surface area contributed by atoms with Gasteiger partial charge in [-0.1, -0.05) is 48.0 Å². The van der Waals surface area contributed by atoms with E-state index in [-0.39, 0.29) is 11.9 Å². The van der Waals surface area contributed by atoms with Crippen LogP contribution in [0.25, 0.3) is 10.8 Å². The summed E-state index contributed by atoms with van der Waals surface area (Å²) in [6.45, 7) is 2.20. The molecule has 3 aromatic carbocycles. The summed E-state index contributed by atoms with van der Waals surface area (Å²) in [5, 5.41) is 3.18. The minimum absolute atomic E-state index is 0.171. The van der Waals surface area contributed by atoms with Crippen molar-refractivity contribution in [3.8, 4) is 0 Å². The summed E-state index contributed by atoms with van der Waals surface area (Å²) in [6, 6.07) is 18.8. The molecule has 0 aromatic heterocycles. The van der Waals surface area contributed by atoms with Crippen LogP contribution in [-0.4, -0.2) is 30.1 Å². The van der Waals surface area contributed by atoms with Crippen molar-refractivity contribution in [2.24, 2.45) is 0 Å². The molecule has 28 heavy (non-hydrogen) atoms. The Morgan fingerprint density at radius 2 is 1.71 bits per heavy atom. The first-order valence-electron chi connectivity index (χ1n) is 9.87. The van der Waals surface area contributed by atoms with E-state index in [0.29, 0.717) is 6.54 Å². The summed E-state index contributed by atoms with van der Waals surface area (Å²) in [5.74, 6) is 0.171. The highest BCUT2D eigenvalue weighted by Gasteiger charge is 2.35. The lowest BCUT2D eigenvalue weighted by Gasteiger charge is -2.30. The molecule has 0 atom stereocenters. The van der Waals surface area contributed by atoms with Crippen LogP contribution in [0.15, 0.2) is 54.6 Å². The molecule has 3 nitrogen and oxygen atoms in total. The number of carbonyl (C=O) groups excluding carboxylic acids is 1. The van der Waals surface area contributed by atoms with Crippen LogP contribution in [-0.2, 0) is 17.7 Å². The lowest BCUT2D eigenvalue weighted by molar-refractivity contribution is 0.0304. The molecule has 3 aromatic rings. The Morgan fingerprint density at radius 3 is 2.46 bits per heavy atom. The number of halogens is 1. The van der Waals surface area contributed by atoms with Gasteiger partial charge in [0.05, 0.1) is 0 Å². The van der Waals surface area contributed by atoms with Crippen LogP contribution in [0.3, 0.4) is 0 Å². The Labute approximate surface area is 169 Å². The van der Waals surface area contributed by atoms with Crippen LogP contribution in [0, 0.1) is 0 Å². The predicted molar refractivity (Wildman–Crippen MR) is 112 cm³/mol. The van der Waals surface area contributed by atoms with E-state index in [1.165, 1.54) is 27.5 Å². The molecule has 0 aliphatic carbocycles. The second kappa shape index (κ2) is 7.23. The summed E-state index contributed by atoms with van der Waals surface area (Å²) >= 11 is 6.04. The number of rotatable bonds is 3. The average Bonchev–Trinajstić information content (AvgIpc) is 3.07. The Hall–Kier alpha value is -2.36. The number of hydrogen-bond acceptors (Lipinski definition) is 2. The van der Waals surface area contributed by atoms with Crippen molar-refractivity contribution in [1.29, 1.82) is 0 Å². The molecule has 4 heteroatoms. The van der Waals surface area contributed by atoms with E-state index in [0.717, 1.165) is 43.1 Å². The van der Waals surface area contributed by atoms with E-state index in [2.05, 4.69) is 47.4 Å². The highest BCUT2D eigenvalue weighted by atomic mass is 35.5. The molecule has 0 spiro atoms. The van der Waals surface area contributed by atoms with Gasteiger partial charge in [0.25, 0.3) is 5.91 Å². The van der Waals surface area contributed by atoms with Gasteiger partial charge in [0, 0.05) is 36.4 Å². The lowest BCUT2D eigenvalue weighted by atomic mass is 9.92. The van der Waals surface area contributed by atoms with Gasteiger partial charge in [0.2, 0.25) is 0 Å². The quantitative estimate of drug-likeness (QED) is 0.612. The van der Waals surface area contributed by atoms with Crippen molar-refractivity contribution < 1.29 is 9.53 Å². The van der Waals surface area contributed by atoms with Crippen molar-refractivity contribution in [3.05, 3.63) is 81.9 Å². The number of ether oxygens (including phenoxy) is 1. The van der Waals surface area contributed by atoms with Gasteiger partial charge in [-0.15, -0.1) is 0 Å². The molecule has 0 radical (unpaired) electrons. The van der Waals surface area contributed by atoms with E-state index < -0.39 is 0 Å². The molecule has 0 unspecified atom stereocenters. The number of fused-ring (bicyclic) bond motifs is 3. The number of hydrogen-bond donors (Lipinski definition) is 0. The van der Waals surface area contributed by atoms with Gasteiger partial charge in [-0.25, -0.2) is 0 Å². The van der Waals surface area contributed by atoms with E-state index in [4.69, 9.17) is 16.3 Å². The van der Waals surface area contributed by atoms with Crippen LogP contribution in [0.2, 0.25) is 5.02 Å². The van der Waals surface area contributed by atoms with E-state index in [9.17, 15) is 4.79 Å². The molecule has 2 aliphatic heterocycles. The topological polar surface area (TPSA) is 29.5 Å². The molecule has 2 aliphatic rings. The number of nitrogens with zero attached hydrogens (tertiary/aromatic N) is 1. The van der Waals surface area contributed by atoms with E-state index in [1.54, 1.807) is 0 Å². The largest absolute Gasteiger partial charge is 0.381 e. The normalized spacial score (nSPS) is 17.3. The summed E-state index contributed by atoms with van der Waals surface area (Å²) in [7, 11) is 0. The van der Waals surface area contributed by atoms with Gasteiger partial charge in [-0.2, -0.15) is 0 Å². The third kappa shape index (κ3) is 3.09. The van der Waals surface area contributed by atoms with E-state index in [1.807, 2.05) is 12.1 Å². The monoisotopic (exact) mass is 391 g/mol. The second-order valence-electron chi connectivity index (χ2n) is 7.69.